The number of hydrogen-bond acceptors (Lipinski definition) is 4. The van der Waals surface area contributed by atoms with E-state index >= 15 is 0 Å². The van der Waals surface area contributed by atoms with Gasteiger partial charge in [-0.05, 0) is 43.2 Å². The fourth-order valence-corrected chi connectivity index (χ4v) is 2.77. The average molecular weight is 356 g/mol. The molecule has 0 N–H and O–H groups in total. The molecule has 0 heterocycles. The molecule has 0 saturated carbocycles. The minimum Gasteiger partial charge on any atom is -0.493 e. The molecule has 26 heavy (non-hydrogen) atoms. The minimum absolute atomic E-state index is 0.108. The van der Waals surface area contributed by atoms with E-state index in [1.165, 1.54) is 0 Å². The van der Waals surface area contributed by atoms with Crippen LogP contribution in [0.25, 0.3) is 0 Å². The molecule has 2 aromatic rings. The second kappa shape index (κ2) is 9.70. The normalized spacial score (nSPS) is 10.3. The number of carbonyl (C=O) groups excluding carboxylic acids is 1. The van der Waals surface area contributed by atoms with Crippen molar-refractivity contribution in [2.75, 3.05) is 45.8 Å². The summed E-state index contributed by atoms with van der Waals surface area (Å²) in [6.45, 7) is 3.88. The lowest BCUT2D eigenvalue weighted by atomic mass is 10.1. The highest BCUT2D eigenvalue weighted by molar-refractivity contribution is 5.81. The Bertz CT molecular complexity index is 704. The number of para-hydroxylation sites is 1. The number of nitrogens with zero attached hydrogens (tertiary/aromatic N) is 2. The number of likely N-dealkylation sites (N-methyl/N-ethyl adjacent to an activating group) is 2. The van der Waals surface area contributed by atoms with Gasteiger partial charge in [0, 0.05) is 25.8 Å². The highest BCUT2D eigenvalue weighted by Crippen LogP contribution is 2.27. The van der Waals surface area contributed by atoms with Crippen LogP contribution in [0.2, 0.25) is 0 Å². The van der Waals surface area contributed by atoms with Crippen molar-refractivity contribution < 1.29 is 14.3 Å². The zero-order valence-corrected chi connectivity index (χ0v) is 16.1. The van der Waals surface area contributed by atoms with Crippen molar-refractivity contribution in [3.05, 3.63) is 54.1 Å². The van der Waals surface area contributed by atoms with Crippen molar-refractivity contribution in [1.82, 2.24) is 4.90 Å². The predicted octanol–water partition coefficient (Wildman–Crippen LogP) is 3.23. The van der Waals surface area contributed by atoms with Crippen LogP contribution in [0.3, 0.4) is 0 Å². The van der Waals surface area contributed by atoms with Gasteiger partial charge in [-0.1, -0.05) is 24.3 Å². The Kier molecular flexibility index (Phi) is 7.33. The summed E-state index contributed by atoms with van der Waals surface area (Å²) in [7, 11) is 5.10. The second-order valence-electron chi connectivity index (χ2n) is 6.10. The van der Waals surface area contributed by atoms with Gasteiger partial charge in [0.2, 0.25) is 5.91 Å². The van der Waals surface area contributed by atoms with Crippen LogP contribution >= 0.6 is 0 Å². The highest BCUT2D eigenvalue weighted by atomic mass is 16.5. The molecule has 140 valence electrons. The van der Waals surface area contributed by atoms with Crippen molar-refractivity contribution in [3.8, 4) is 11.5 Å². The maximum absolute atomic E-state index is 12.6. The Labute approximate surface area is 156 Å². The zero-order chi connectivity index (χ0) is 18.9. The molecule has 0 radical (unpaired) electrons. The molecule has 0 atom stereocenters. The van der Waals surface area contributed by atoms with Gasteiger partial charge in [-0.3, -0.25) is 4.79 Å². The fourth-order valence-electron chi connectivity index (χ4n) is 2.77. The van der Waals surface area contributed by atoms with Gasteiger partial charge in [0.15, 0.2) is 11.5 Å². The fraction of sp³-hybridized carbons (Fsp3) is 0.381. The Morgan fingerprint density at radius 3 is 2.31 bits per heavy atom. The third-order valence-electron chi connectivity index (χ3n) is 4.44. The van der Waals surface area contributed by atoms with Crippen molar-refractivity contribution in [2.24, 2.45) is 0 Å². The van der Waals surface area contributed by atoms with Crippen LogP contribution < -0.4 is 14.4 Å². The summed E-state index contributed by atoms with van der Waals surface area (Å²) in [5.74, 6) is 1.53. The lowest BCUT2D eigenvalue weighted by Crippen LogP contribution is -2.39. The van der Waals surface area contributed by atoms with Crippen LogP contribution in [0.5, 0.6) is 11.5 Å². The van der Waals surface area contributed by atoms with Crippen molar-refractivity contribution in [2.45, 2.75) is 13.3 Å². The van der Waals surface area contributed by atoms with E-state index in [0.29, 0.717) is 24.6 Å². The van der Waals surface area contributed by atoms with Gasteiger partial charge < -0.3 is 19.3 Å². The maximum atomic E-state index is 12.6. The number of rotatable bonds is 9. The van der Waals surface area contributed by atoms with E-state index < -0.39 is 0 Å². The highest BCUT2D eigenvalue weighted by Gasteiger charge is 2.14. The zero-order valence-electron chi connectivity index (χ0n) is 16.1. The number of carbonyl (C=O) groups is 1. The Morgan fingerprint density at radius 2 is 1.69 bits per heavy atom. The summed E-state index contributed by atoms with van der Waals surface area (Å²) in [4.78, 5) is 16.4. The number of ether oxygens (including phenoxy) is 2. The van der Waals surface area contributed by atoms with Crippen LogP contribution in [-0.4, -0.2) is 51.7 Å². The molecule has 0 aromatic heterocycles. The third kappa shape index (κ3) is 5.15. The first-order chi connectivity index (χ1) is 12.6. The van der Waals surface area contributed by atoms with Crippen LogP contribution in [0, 0.1) is 0 Å². The molecule has 0 unspecified atom stereocenters. The number of hydrogen-bond donors (Lipinski definition) is 0. The number of benzene rings is 2. The molecular weight excluding hydrogens is 328 g/mol. The van der Waals surface area contributed by atoms with Crippen molar-refractivity contribution in [3.63, 3.8) is 0 Å². The van der Waals surface area contributed by atoms with Crippen LogP contribution in [0.4, 0.5) is 5.69 Å². The quantitative estimate of drug-likeness (QED) is 0.692. The molecule has 5 nitrogen and oxygen atoms in total. The summed E-state index contributed by atoms with van der Waals surface area (Å²) in [6.07, 6.45) is 0.764. The van der Waals surface area contributed by atoms with E-state index in [0.717, 1.165) is 24.2 Å². The molecule has 0 saturated heterocycles. The molecule has 1 amide bonds. The lowest BCUT2D eigenvalue weighted by molar-refractivity contribution is -0.128. The van der Waals surface area contributed by atoms with Gasteiger partial charge in [0.1, 0.15) is 0 Å². The smallest absolute Gasteiger partial charge is 0.241 e. The van der Waals surface area contributed by atoms with Crippen molar-refractivity contribution >= 4 is 11.6 Å². The van der Waals surface area contributed by atoms with Crippen molar-refractivity contribution in [1.29, 1.82) is 0 Å². The average Bonchev–Trinajstić information content (AvgIpc) is 2.70. The first kappa shape index (κ1) is 19.6. The maximum Gasteiger partial charge on any atom is 0.241 e. The summed E-state index contributed by atoms with van der Waals surface area (Å²) in [5, 5.41) is 0. The molecule has 0 fully saturated rings. The van der Waals surface area contributed by atoms with E-state index in [9.17, 15) is 4.79 Å². The SMILES string of the molecule is CCN(CC(=O)N(C)CCc1ccc(OC)c(OC)c1)c1ccccc1. The van der Waals surface area contributed by atoms with Gasteiger partial charge >= 0.3 is 0 Å². The van der Waals surface area contributed by atoms with E-state index in [2.05, 4.69) is 11.8 Å². The monoisotopic (exact) mass is 356 g/mol. The molecule has 0 aliphatic heterocycles. The van der Waals surface area contributed by atoms with Gasteiger partial charge in [0.05, 0.1) is 20.8 Å². The standard InChI is InChI=1S/C21H28N2O3/c1-5-23(18-9-7-6-8-10-18)16-21(24)22(2)14-13-17-11-12-19(25-3)20(15-17)26-4/h6-12,15H,5,13-14,16H2,1-4H3. The summed E-state index contributed by atoms with van der Waals surface area (Å²) in [5.41, 5.74) is 2.18. The van der Waals surface area contributed by atoms with Crippen LogP contribution in [0.15, 0.2) is 48.5 Å². The van der Waals surface area contributed by atoms with Crippen LogP contribution in [0.1, 0.15) is 12.5 Å². The molecular formula is C21H28N2O3. The molecule has 2 rings (SSSR count). The van der Waals surface area contributed by atoms with E-state index in [1.807, 2.05) is 55.6 Å². The second-order valence-corrected chi connectivity index (χ2v) is 6.10. The minimum atomic E-state index is 0.108. The first-order valence-corrected chi connectivity index (χ1v) is 8.83. The molecule has 5 heteroatoms. The van der Waals surface area contributed by atoms with Gasteiger partial charge in [-0.2, -0.15) is 0 Å². The Morgan fingerprint density at radius 1 is 1.00 bits per heavy atom. The molecule has 0 aliphatic rings. The first-order valence-electron chi connectivity index (χ1n) is 8.83. The van der Waals surface area contributed by atoms with Gasteiger partial charge in [-0.15, -0.1) is 0 Å². The van der Waals surface area contributed by atoms with Gasteiger partial charge in [-0.25, -0.2) is 0 Å². The third-order valence-corrected chi connectivity index (χ3v) is 4.44. The lowest BCUT2D eigenvalue weighted by Gasteiger charge is -2.26. The molecule has 0 spiro atoms. The topological polar surface area (TPSA) is 42.0 Å². The van der Waals surface area contributed by atoms with E-state index in [1.54, 1.807) is 19.1 Å². The summed E-state index contributed by atoms with van der Waals surface area (Å²) in [6, 6.07) is 15.9. The predicted molar refractivity (Wildman–Crippen MR) is 105 cm³/mol. The molecule has 0 aliphatic carbocycles. The van der Waals surface area contributed by atoms with Crippen LogP contribution in [-0.2, 0) is 11.2 Å². The number of methoxy groups -OCH3 is 2. The van der Waals surface area contributed by atoms with Gasteiger partial charge in [0.25, 0.3) is 0 Å². The number of anilines is 1. The molecule has 2 aromatic carbocycles. The molecule has 0 bridgehead atoms. The van der Waals surface area contributed by atoms with E-state index in [-0.39, 0.29) is 5.91 Å². The summed E-state index contributed by atoms with van der Waals surface area (Å²) < 4.78 is 10.6. The summed E-state index contributed by atoms with van der Waals surface area (Å²) >= 11 is 0. The largest absolute Gasteiger partial charge is 0.493 e. The van der Waals surface area contributed by atoms with E-state index in [4.69, 9.17) is 9.47 Å². The Balaban J connectivity index is 1.92. The Hall–Kier alpha value is -2.69. The number of amides is 1.